The van der Waals surface area contributed by atoms with E-state index in [2.05, 4.69) is 93.6 Å². The van der Waals surface area contributed by atoms with E-state index in [1.54, 1.807) is 99.2 Å². The Morgan fingerprint density at radius 2 is 0.772 bits per heavy atom. The number of fused-ring (bicyclic) bond motifs is 3. The summed E-state index contributed by atoms with van der Waals surface area (Å²) in [6.45, 7) is 19.4. The summed E-state index contributed by atoms with van der Waals surface area (Å²) in [5.41, 5.74) is 8.29. The average molecular weight is 2290 g/mol. The molecule has 10 atom stereocenters. The van der Waals surface area contributed by atoms with Gasteiger partial charge >= 0.3 is 0 Å². The van der Waals surface area contributed by atoms with Gasteiger partial charge in [0.25, 0.3) is 0 Å². The summed E-state index contributed by atoms with van der Waals surface area (Å²) in [5.74, 6) is 0.852. The number of thiophene rings is 1. The second-order valence-corrected chi connectivity index (χ2v) is 23.8. The number of hydrogen-bond acceptors (Lipinski definition) is 16. The zero-order chi connectivity index (χ0) is 71.0. The molecule has 10 aromatic rings. The first-order valence-corrected chi connectivity index (χ1v) is 33.0. The van der Waals surface area contributed by atoms with Gasteiger partial charge in [-0.3, -0.25) is 11.6 Å². The molecule has 0 spiro atoms. The van der Waals surface area contributed by atoms with Crippen LogP contribution in [0.5, 0.6) is 0 Å². The van der Waals surface area contributed by atoms with Crippen molar-refractivity contribution < 1.29 is 156 Å². The van der Waals surface area contributed by atoms with Gasteiger partial charge in [-0.2, -0.15) is 24.3 Å². The summed E-state index contributed by atoms with van der Waals surface area (Å²) in [5, 5.41) is 91.1. The van der Waals surface area contributed by atoms with Crippen LogP contribution in [0.4, 0.5) is 0 Å². The number of aromatic nitrogens is 4. The molecule has 5 aromatic carbocycles. The van der Waals surface area contributed by atoms with E-state index in [4.69, 9.17) is 55.8 Å². The Balaban J connectivity index is -0.000000521. The van der Waals surface area contributed by atoms with E-state index in [1.807, 2.05) is 151 Å². The van der Waals surface area contributed by atoms with Crippen molar-refractivity contribution >= 4 is 38.8 Å². The molecule has 0 aliphatic carbocycles. The Hall–Kier alpha value is -4.69. The zero-order valence-corrected chi connectivity index (χ0v) is 71.8. The maximum atomic E-state index is 8.56. The van der Waals surface area contributed by atoms with Gasteiger partial charge in [0.1, 0.15) is 0 Å². The molecule has 15 nitrogen and oxygen atoms in total. The minimum absolute atomic E-state index is 0. The first-order chi connectivity index (χ1) is 45.8. The van der Waals surface area contributed by atoms with Gasteiger partial charge in [-0.25, -0.2) is 23.5 Å². The van der Waals surface area contributed by atoms with Crippen LogP contribution in [0, 0.1) is 43.3 Å². The standard InChI is InChI=1S/C13H8N.C12H10N.C11H8N.C10H8O.C9H6NS.5C5H12O2.5Ir/c1-2-6-12-10(4-1)7-8-11-5-3-9-14-13(11)12;1-10-5-7-11(8-6-10)12-4-2-3-9-13-12;1-2-6-10(7-3-1)11-8-4-5-9-12-11;1-2-5-9(6-3-1)10-7-4-8-11-10;1-2-6-10-8(4-1)9-5-3-7-11-9;5*1-4(6)3-5(2)7;;;;;/h1-5,7-9H;2-7,9H,1H3;1-6,8-9H;1-3,5H,4,8H2;1-4,6-7H;5*4-7H,3H2,1-2H3;;;;;/q3*-1;-2;-1;;;;;;;;;;. The van der Waals surface area contributed by atoms with Crippen LogP contribution in [0.25, 0.3) is 60.5 Å². The van der Waals surface area contributed by atoms with E-state index in [0.29, 0.717) is 32.1 Å². The molecule has 11 rings (SSSR count). The van der Waals surface area contributed by atoms with Crippen LogP contribution >= 0.6 is 11.3 Å². The van der Waals surface area contributed by atoms with Gasteiger partial charge in [-0.05, 0) is 154 Å². The molecule has 0 amide bonds. The van der Waals surface area contributed by atoms with Gasteiger partial charge < -0.3 is 75.7 Å². The Bertz CT molecular complexity index is 3290. The molecule has 5 aromatic heterocycles. The van der Waals surface area contributed by atoms with Crippen LogP contribution < -0.4 is 0 Å². The smallest absolute Gasteiger partial charge is 0.0579 e. The summed E-state index contributed by atoms with van der Waals surface area (Å²) < 4.78 is 5.31. The van der Waals surface area contributed by atoms with Crippen molar-refractivity contribution in [1.29, 1.82) is 0 Å². The molecule has 1 aliphatic rings. The van der Waals surface area contributed by atoms with E-state index in [0.717, 1.165) is 68.3 Å². The Morgan fingerprint density at radius 3 is 1.13 bits per heavy atom. The minimum atomic E-state index is -0.375. The van der Waals surface area contributed by atoms with Crippen molar-refractivity contribution in [2.24, 2.45) is 0 Å². The fourth-order valence-corrected chi connectivity index (χ4v) is 9.06. The SMILES string of the molecule is CC(O)CC(C)O.CC(O)CC(C)O.CC(O)CC(C)O.CC(O)CC(C)O.CC(O)CC(C)O.Cc1c[c-]c(-c2ccccn2)cc1.[C-]1=C(c2[c-]cccc2)OCC1.[Ir].[Ir].[Ir].[Ir].[Ir].[c-]1cccc2ccc3cccnc3c12.[c-]1ccccc1-c1ccccn1.[c-]1ccsc1-c1ccccn1. The van der Waals surface area contributed by atoms with Gasteiger partial charge in [-0.15, -0.1) is 124 Å². The van der Waals surface area contributed by atoms with Crippen LogP contribution in [0.2, 0.25) is 0 Å². The van der Waals surface area contributed by atoms with Crippen LogP contribution in [0.15, 0.2) is 200 Å². The molecule has 0 saturated carbocycles. The molecule has 0 fully saturated rings. The molecule has 10 N–H and O–H groups in total. The molecule has 21 heteroatoms. The number of pyridine rings is 4. The maximum absolute atomic E-state index is 8.56. The first kappa shape index (κ1) is 103. The van der Waals surface area contributed by atoms with E-state index in [9.17, 15) is 0 Å². The normalized spacial score (nSPS) is 13.3. The number of ether oxygens (including phenoxy) is 1. The number of benzene rings is 5. The van der Waals surface area contributed by atoms with Gasteiger partial charge in [0.05, 0.1) is 67.6 Å². The van der Waals surface area contributed by atoms with Crippen LogP contribution in [-0.2, 0) is 105 Å². The topological polar surface area (TPSA) is 263 Å². The van der Waals surface area contributed by atoms with Crippen molar-refractivity contribution in [3.63, 3.8) is 0 Å². The zero-order valence-electron chi connectivity index (χ0n) is 59.0. The summed E-state index contributed by atoms with van der Waals surface area (Å²) >= 11 is 1.66. The predicted octanol–water partition coefficient (Wildman–Crippen LogP) is 13.9. The van der Waals surface area contributed by atoms with Crippen LogP contribution in [0.1, 0.15) is 119 Å². The number of aliphatic hydroxyl groups excluding tert-OH is 10. The maximum Gasteiger partial charge on any atom is 0.0579 e. The molecule has 0 saturated heterocycles. The van der Waals surface area contributed by atoms with E-state index < -0.39 is 0 Å². The molecule has 10 unspecified atom stereocenters. The van der Waals surface area contributed by atoms with Gasteiger partial charge in [-0.1, -0.05) is 72.8 Å². The van der Waals surface area contributed by atoms with Gasteiger partial charge in [0.15, 0.2) is 0 Å². The van der Waals surface area contributed by atoms with E-state index >= 15 is 0 Å². The van der Waals surface area contributed by atoms with Crippen molar-refractivity contribution in [1.82, 2.24) is 19.9 Å². The molecule has 563 valence electrons. The third kappa shape index (κ3) is 52.0. The van der Waals surface area contributed by atoms with Crippen LogP contribution in [-0.4, -0.2) is 139 Å². The Labute approximate surface area is 671 Å². The molecule has 101 heavy (non-hydrogen) atoms. The predicted molar refractivity (Wildman–Crippen MR) is 389 cm³/mol. The fourth-order valence-electron chi connectivity index (χ4n) is 8.41. The third-order valence-electron chi connectivity index (χ3n) is 12.3. The average Bonchev–Trinajstić information content (AvgIpc) is 1.27. The summed E-state index contributed by atoms with van der Waals surface area (Å²) in [7, 11) is 0. The largest absolute Gasteiger partial charge is 0.575 e. The van der Waals surface area contributed by atoms with Gasteiger partial charge in [0, 0.05) is 125 Å². The third-order valence-corrected chi connectivity index (χ3v) is 13.2. The van der Waals surface area contributed by atoms with Crippen molar-refractivity contribution in [3.05, 3.63) is 248 Å². The van der Waals surface area contributed by atoms with Gasteiger partial charge in [0.2, 0.25) is 0 Å². The van der Waals surface area contributed by atoms with Crippen molar-refractivity contribution in [2.75, 3.05) is 6.61 Å². The quantitative estimate of drug-likeness (QED) is 0.0358. The second-order valence-electron chi connectivity index (χ2n) is 22.9. The monoisotopic (exact) mass is 2290 g/mol. The molecule has 0 bridgehead atoms. The number of rotatable bonds is 14. The first-order valence-electron chi connectivity index (χ1n) is 32.1. The van der Waals surface area contributed by atoms with E-state index in [-0.39, 0.29) is 162 Å². The Kier molecular flexibility index (Phi) is 63.7. The van der Waals surface area contributed by atoms with E-state index in [1.165, 1.54) is 16.3 Å². The number of hydrogen-bond donors (Lipinski definition) is 10. The number of aryl methyl sites for hydroxylation is 1. The summed E-state index contributed by atoms with van der Waals surface area (Å²) in [4.78, 5) is 18.1. The number of nitrogens with zero attached hydrogens (tertiary/aromatic N) is 4. The number of aliphatic hydroxyl groups is 10. The minimum Gasteiger partial charge on any atom is -0.575 e. The molecule has 5 radical (unpaired) electrons. The molecular formula is C80H100Ir5N4O11S-6. The molecule has 6 heterocycles. The Morgan fingerprint density at radius 1 is 0.376 bits per heavy atom. The van der Waals surface area contributed by atoms with Crippen LogP contribution in [0.3, 0.4) is 0 Å². The van der Waals surface area contributed by atoms with Crippen molar-refractivity contribution in [2.45, 2.75) is 176 Å². The fraction of sp³-hybridized carbons (Fsp3) is 0.350. The second kappa shape index (κ2) is 62.7. The summed E-state index contributed by atoms with van der Waals surface area (Å²) in [6, 6.07) is 71.2. The molecule has 1 aliphatic heterocycles. The summed E-state index contributed by atoms with van der Waals surface area (Å²) in [6.07, 6.45) is 9.85. The van der Waals surface area contributed by atoms with Crippen molar-refractivity contribution in [3.8, 4) is 33.1 Å². The molecular weight excluding hydrogens is 2190 g/mol.